The van der Waals surface area contributed by atoms with Gasteiger partial charge in [-0.3, -0.25) is 0 Å². The zero-order valence-corrected chi connectivity index (χ0v) is 9.03. The smallest absolute Gasteiger partial charge is 0.0991 e. The minimum Gasteiger partial charge on any atom is -0.310 e. The standard InChI is InChI=1S/C13H16N2/c1-10-5-6-13(15-9-10)12-4-2-3-11(7-12)8-14/h2-4,7,10,13,15H,5-6,9H2,1H3/t10-,13+/m0/s1. The second-order valence-electron chi connectivity index (χ2n) is 4.38. The lowest BCUT2D eigenvalue weighted by molar-refractivity contribution is 0.333. The van der Waals surface area contributed by atoms with Crippen molar-refractivity contribution in [3.05, 3.63) is 35.4 Å². The topological polar surface area (TPSA) is 35.8 Å². The van der Waals surface area contributed by atoms with Crippen LogP contribution in [0.4, 0.5) is 0 Å². The number of hydrogen-bond acceptors (Lipinski definition) is 2. The molecule has 0 bridgehead atoms. The molecule has 78 valence electrons. The molecule has 1 aliphatic rings. The molecule has 1 fully saturated rings. The highest BCUT2D eigenvalue weighted by Crippen LogP contribution is 2.25. The van der Waals surface area contributed by atoms with E-state index in [1.54, 1.807) is 0 Å². The van der Waals surface area contributed by atoms with E-state index in [4.69, 9.17) is 5.26 Å². The third-order valence-electron chi connectivity index (χ3n) is 3.08. The normalized spacial score (nSPS) is 25.9. The first-order valence-electron chi connectivity index (χ1n) is 5.53. The van der Waals surface area contributed by atoms with Crippen molar-refractivity contribution in [3.8, 4) is 6.07 Å². The van der Waals surface area contributed by atoms with Crippen LogP contribution in [0.25, 0.3) is 0 Å². The lowest BCUT2D eigenvalue weighted by Crippen LogP contribution is -2.31. The first kappa shape index (κ1) is 10.2. The third-order valence-corrected chi connectivity index (χ3v) is 3.08. The van der Waals surface area contributed by atoms with E-state index < -0.39 is 0 Å². The molecule has 2 atom stereocenters. The Morgan fingerprint density at radius 1 is 1.40 bits per heavy atom. The van der Waals surface area contributed by atoms with Crippen LogP contribution in [0.5, 0.6) is 0 Å². The van der Waals surface area contributed by atoms with Crippen LogP contribution in [0.2, 0.25) is 0 Å². The Kier molecular flexibility index (Phi) is 3.03. The molecule has 2 rings (SSSR count). The maximum absolute atomic E-state index is 8.83. The van der Waals surface area contributed by atoms with E-state index in [1.807, 2.05) is 18.2 Å². The van der Waals surface area contributed by atoms with E-state index in [2.05, 4.69) is 24.4 Å². The number of nitrogens with zero attached hydrogens (tertiary/aromatic N) is 1. The maximum Gasteiger partial charge on any atom is 0.0991 e. The Bertz CT molecular complexity index is 370. The average Bonchev–Trinajstić information content (AvgIpc) is 2.30. The second-order valence-corrected chi connectivity index (χ2v) is 4.38. The fourth-order valence-electron chi connectivity index (χ4n) is 2.11. The molecule has 15 heavy (non-hydrogen) atoms. The molecule has 0 radical (unpaired) electrons. The molecule has 0 aromatic heterocycles. The zero-order chi connectivity index (χ0) is 10.7. The number of nitrogens with one attached hydrogen (secondary N) is 1. The molecule has 1 aliphatic heterocycles. The molecule has 0 aliphatic carbocycles. The Morgan fingerprint density at radius 2 is 2.27 bits per heavy atom. The van der Waals surface area contributed by atoms with Gasteiger partial charge < -0.3 is 5.32 Å². The number of rotatable bonds is 1. The summed E-state index contributed by atoms with van der Waals surface area (Å²) in [4.78, 5) is 0. The summed E-state index contributed by atoms with van der Waals surface area (Å²) < 4.78 is 0. The number of nitriles is 1. The van der Waals surface area contributed by atoms with Crippen LogP contribution >= 0.6 is 0 Å². The minimum atomic E-state index is 0.439. The van der Waals surface area contributed by atoms with Gasteiger partial charge in [0.1, 0.15) is 0 Å². The van der Waals surface area contributed by atoms with E-state index in [0.29, 0.717) is 6.04 Å². The molecule has 2 heteroatoms. The van der Waals surface area contributed by atoms with Crippen LogP contribution in [-0.4, -0.2) is 6.54 Å². The van der Waals surface area contributed by atoms with Gasteiger partial charge in [0, 0.05) is 6.04 Å². The summed E-state index contributed by atoms with van der Waals surface area (Å²) in [6.45, 7) is 3.36. The summed E-state index contributed by atoms with van der Waals surface area (Å²) in [5.41, 5.74) is 2.01. The fourth-order valence-corrected chi connectivity index (χ4v) is 2.11. The van der Waals surface area contributed by atoms with Crippen LogP contribution in [0.15, 0.2) is 24.3 Å². The molecule has 0 spiro atoms. The second kappa shape index (κ2) is 4.46. The molecular formula is C13H16N2. The van der Waals surface area contributed by atoms with E-state index in [9.17, 15) is 0 Å². The molecule has 1 saturated heterocycles. The Morgan fingerprint density at radius 3 is 2.93 bits per heavy atom. The van der Waals surface area contributed by atoms with Crippen molar-refractivity contribution in [3.63, 3.8) is 0 Å². The predicted octanol–water partition coefficient (Wildman–Crippen LogP) is 2.62. The lowest BCUT2D eigenvalue weighted by atomic mass is 9.91. The Labute approximate surface area is 90.9 Å². The maximum atomic E-state index is 8.83. The highest BCUT2D eigenvalue weighted by Gasteiger charge is 2.18. The van der Waals surface area contributed by atoms with Gasteiger partial charge >= 0.3 is 0 Å². The first-order chi connectivity index (χ1) is 7.29. The van der Waals surface area contributed by atoms with Crippen molar-refractivity contribution in [1.82, 2.24) is 5.32 Å². The van der Waals surface area contributed by atoms with Crippen molar-refractivity contribution in [2.24, 2.45) is 5.92 Å². The van der Waals surface area contributed by atoms with Gasteiger partial charge in [-0.1, -0.05) is 19.1 Å². The van der Waals surface area contributed by atoms with Gasteiger partial charge in [0.15, 0.2) is 0 Å². The van der Waals surface area contributed by atoms with E-state index in [0.717, 1.165) is 18.0 Å². The molecule has 1 aromatic rings. The number of benzene rings is 1. The largest absolute Gasteiger partial charge is 0.310 e. The van der Waals surface area contributed by atoms with Crippen LogP contribution in [0.1, 0.15) is 36.9 Å². The van der Waals surface area contributed by atoms with Crippen LogP contribution < -0.4 is 5.32 Å². The molecule has 0 saturated carbocycles. The van der Waals surface area contributed by atoms with Crippen molar-refractivity contribution >= 4 is 0 Å². The summed E-state index contributed by atoms with van der Waals surface area (Å²) in [5, 5.41) is 12.4. The van der Waals surface area contributed by atoms with Gasteiger partial charge in [-0.25, -0.2) is 0 Å². The highest BCUT2D eigenvalue weighted by atomic mass is 14.9. The summed E-state index contributed by atoms with van der Waals surface area (Å²) in [5.74, 6) is 0.778. The highest BCUT2D eigenvalue weighted by molar-refractivity contribution is 5.34. The monoisotopic (exact) mass is 200 g/mol. The van der Waals surface area contributed by atoms with E-state index in [-0.39, 0.29) is 0 Å². The Hall–Kier alpha value is -1.33. The van der Waals surface area contributed by atoms with Crippen molar-refractivity contribution in [1.29, 1.82) is 5.26 Å². The molecular weight excluding hydrogens is 184 g/mol. The van der Waals surface area contributed by atoms with Gasteiger partial charge in [0.2, 0.25) is 0 Å². The van der Waals surface area contributed by atoms with Gasteiger partial charge in [0.05, 0.1) is 11.6 Å². The molecule has 1 heterocycles. The summed E-state index contributed by atoms with van der Waals surface area (Å²) in [7, 11) is 0. The minimum absolute atomic E-state index is 0.439. The molecule has 2 nitrogen and oxygen atoms in total. The van der Waals surface area contributed by atoms with Gasteiger partial charge in [-0.05, 0) is 43.0 Å². The number of hydrogen-bond donors (Lipinski definition) is 1. The molecule has 0 unspecified atom stereocenters. The Balaban J connectivity index is 2.12. The predicted molar refractivity (Wildman–Crippen MR) is 60.3 cm³/mol. The van der Waals surface area contributed by atoms with Crippen LogP contribution in [0.3, 0.4) is 0 Å². The van der Waals surface area contributed by atoms with Crippen molar-refractivity contribution < 1.29 is 0 Å². The van der Waals surface area contributed by atoms with E-state index in [1.165, 1.54) is 18.4 Å². The van der Waals surface area contributed by atoms with Gasteiger partial charge in [-0.15, -0.1) is 0 Å². The molecule has 1 aromatic carbocycles. The quantitative estimate of drug-likeness (QED) is 0.756. The van der Waals surface area contributed by atoms with Gasteiger partial charge in [-0.2, -0.15) is 5.26 Å². The zero-order valence-electron chi connectivity index (χ0n) is 9.03. The van der Waals surface area contributed by atoms with Crippen molar-refractivity contribution in [2.75, 3.05) is 6.54 Å². The SMILES string of the molecule is C[C@H]1CC[C@H](c2cccc(C#N)c2)NC1. The van der Waals surface area contributed by atoms with Crippen LogP contribution in [0, 0.1) is 17.2 Å². The number of piperidine rings is 1. The molecule has 1 N–H and O–H groups in total. The average molecular weight is 200 g/mol. The molecule has 0 amide bonds. The third kappa shape index (κ3) is 2.37. The summed E-state index contributed by atoms with van der Waals surface area (Å²) in [6.07, 6.45) is 2.45. The fraction of sp³-hybridized carbons (Fsp3) is 0.462. The lowest BCUT2D eigenvalue weighted by Gasteiger charge is -2.28. The van der Waals surface area contributed by atoms with Crippen molar-refractivity contribution in [2.45, 2.75) is 25.8 Å². The van der Waals surface area contributed by atoms with Crippen LogP contribution in [-0.2, 0) is 0 Å². The summed E-state index contributed by atoms with van der Waals surface area (Å²) in [6, 6.07) is 10.5. The van der Waals surface area contributed by atoms with Gasteiger partial charge in [0.25, 0.3) is 0 Å². The van der Waals surface area contributed by atoms with E-state index >= 15 is 0 Å². The first-order valence-corrected chi connectivity index (χ1v) is 5.53. The summed E-state index contributed by atoms with van der Waals surface area (Å²) >= 11 is 0.